The summed E-state index contributed by atoms with van der Waals surface area (Å²) in [5.74, 6) is -3.19. The first-order valence-electron chi connectivity index (χ1n) is 17.0. The molecule has 2 aliphatic rings. The van der Waals surface area contributed by atoms with E-state index in [1.54, 1.807) is 34.8 Å². The van der Waals surface area contributed by atoms with Crippen LogP contribution in [0.25, 0.3) is 0 Å². The van der Waals surface area contributed by atoms with E-state index in [1.165, 1.54) is 12.1 Å². The van der Waals surface area contributed by atoms with Crippen molar-refractivity contribution in [2.45, 2.75) is 90.8 Å². The average Bonchev–Trinajstić information content (AvgIpc) is 3.31. The van der Waals surface area contributed by atoms with Gasteiger partial charge in [-0.1, -0.05) is 38.7 Å². The van der Waals surface area contributed by atoms with Crippen molar-refractivity contribution in [3.8, 4) is 0 Å². The number of amides is 5. The molecule has 47 heavy (non-hydrogen) atoms. The van der Waals surface area contributed by atoms with Crippen molar-refractivity contribution in [1.82, 2.24) is 30.2 Å². The number of halogens is 1. The first kappa shape index (κ1) is 35.8. The zero-order chi connectivity index (χ0) is 34.1. The van der Waals surface area contributed by atoms with Crippen molar-refractivity contribution < 1.29 is 23.6 Å². The van der Waals surface area contributed by atoms with E-state index in [0.717, 1.165) is 51.6 Å². The topological polar surface area (TPSA) is 141 Å². The summed E-state index contributed by atoms with van der Waals surface area (Å²) in [6.45, 7) is 10.4. The van der Waals surface area contributed by atoms with Crippen LogP contribution < -0.4 is 21.3 Å². The summed E-state index contributed by atoms with van der Waals surface area (Å²) in [7, 11) is 1.99. The van der Waals surface area contributed by atoms with Crippen LogP contribution in [-0.2, 0) is 20.9 Å². The van der Waals surface area contributed by atoms with Crippen LogP contribution in [0.5, 0.6) is 0 Å². The molecule has 1 aliphatic heterocycles. The van der Waals surface area contributed by atoms with Crippen molar-refractivity contribution >= 4 is 35.3 Å². The average molecular weight is 655 g/mol. The van der Waals surface area contributed by atoms with Crippen LogP contribution in [0.3, 0.4) is 0 Å². The minimum atomic E-state index is -1.01. The van der Waals surface area contributed by atoms with Crippen molar-refractivity contribution in [2.75, 3.05) is 43.9 Å². The van der Waals surface area contributed by atoms with E-state index in [2.05, 4.69) is 31.3 Å². The summed E-state index contributed by atoms with van der Waals surface area (Å²) in [6, 6.07) is 4.53. The molecule has 0 bridgehead atoms. The number of benzene rings is 1. The van der Waals surface area contributed by atoms with Crippen LogP contribution in [0, 0.1) is 17.7 Å². The molecule has 2 heterocycles. The fourth-order valence-corrected chi connectivity index (χ4v) is 6.47. The zero-order valence-corrected chi connectivity index (χ0v) is 28.4. The number of aryl methyl sites for hydroxylation is 1. The first-order valence-corrected chi connectivity index (χ1v) is 17.0. The van der Waals surface area contributed by atoms with Gasteiger partial charge >= 0.3 is 6.03 Å². The summed E-state index contributed by atoms with van der Waals surface area (Å²) in [6.07, 6.45) is 7.01. The number of nitrogens with zero attached hydrogens (tertiary/aromatic N) is 4. The minimum Gasteiger partial charge on any atom is -0.338 e. The highest BCUT2D eigenvalue weighted by Gasteiger charge is 2.37. The minimum absolute atomic E-state index is 0.0524. The van der Waals surface area contributed by atoms with Crippen LogP contribution >= 0.6 is 0 Å². The largest absolute Gasteiger partial charge is 0.338 e. The molecule has 258 valence electrons. The molecule has 0 spiro atoms. The summed E-state index contributed by atoms with van der Waals surface area (Å²) in [5, 5.41) is 15.4. The van der Waals surface area contributed by atoms with E-state index in [-0.39, 0.29) is 23.6 Å². The van der Waals surface area contributed by atoms with Gasteiger partial charge in [0.05, 0.1) is 11.9 Å². The number of hydrogen-bond donors (Lipinski definition) is 4. The number of nitrogens with one attached hydrogen (secondary N) is 4. The van der Waals surface area contributed by atoms with Crippen molar-refractivity contribution in [3.63, 3.8) is 0 Å². The fourth-order valence-electron chi connectivity index (χ4n) is 6.47. The Morgan fingerprint density at radius 1 is 0.915 bits per heavy atom. The third kappa shape index (κ3) is 9.52. The second-order valence-electron chi connectivity index (χ2n) is 13.1. The van der Waals surface area contributed by atoms with Crippen LogP contribution in [0.4, 0.5) is 20.7 Å². The van der Waals surface area contributed by atoms with E-state index in [0.29, 0.717) is 31.0 Å². The Morgan fingerprint density at radius 2 is 1.57 bits per heavy atom. The number of urea groups is 1. The third-order valence-corrected chi connectivity index (χ3v) is 9.27. The number of piperazine rings is 1. The molecule has 3 atom stereocenters. The standard InChI is InChI=1S/C34H51FN8O4/c1-6-43-28(15-16-36-43)39-32(45)29(24-11-9-7-8-10-12-24)31(44)38-27-14-13-25(21-26(27)35)23(4)30(40-34(47)37-22(2)3)33(46)42-19-17-41(5)18-20-42/h13-16,21-24,29-30H,6-12,17-20H2,1-5H3,(H,38,44)(H,39,45)(H2,37,40,47)/t23-,29-,30+/m0/s1. The Morgan fingerprint density at radius 3 is 2.19 bits per heavy atom. The molecule has 5 amide bonds. The molecule has 1 aromatic heterocycles. The van der Waals surface area contributed by atoms with E-state index in [1.807, 2.05) is 27.8 Å². The smallest absolute Gasteiger partial charge is 0.315 e. The lowest BCUT2D eigenvalue weighted by molar-refractivity contribution is -0.135. The number of carbonyl (C=O) groups excluding carboxylic acids is 4. The number of aromatic nitrogens is 2. The number of hydrogen-bond acceptors (Lipinski definition) is 6. The van der Waals surface area contributed by atoms with E-state index in [4.69, 9.17) is 0 Å². The van der Waals surface area contributed by atoms with Crippen LogP contribution in [0.1, 0.15) is 77.7 Å². The lowest BCUT2D eigenvalue weighted by Gasteiger charge is -2.36. The van der Waals surface area contributed by atoms with Gasteiger partial charge in [-0.15, -0.1) is 0 Å². The molecule has 0 radical (unpaired) electrons. The number of anilines is 2. The molecular formula is C34H51FN8O4. The molecule has 1 saturated carbocycles. The normalized spacial score (nSPS) is 18.1. The summed E-state index contributed by atoms with van der Waals surface area (Å²) < 4.78 is 17.4. The molecule has 4 N–H and O–H groups in total. The van der Waals surface area contributed by atoms with Gasteiger partial charge in [0.2, 0.25) is 17.7 Å². The van der Waals surface area contributed by atoms with Gasteiger partial charge in [0, 0.05) is 50.7 Å². The van der Waals surface area contributed by atoms with Gasteiger partial charge < -0.3 is 31.1 Å². The first-order chi connectivity index (χ1) is 22.5. The number of rotatable bonds is 11. The van der Waals surface area contributed by atoms with Crippen molar-refractivity contribution in [2.24, 2.45) is 11.8 Å². The SMILES string of the molecule is CCn1nccc1NC(=O)[C@H](C(=O)Nc1ccc([C@H](C)[C@@H](NC(=O)NC(C)C)C(=O)N2CCN(C)CC2)cc1F)C1CCCCCC1. The molecule has 2 fully saturated rings. The van der Waals surface area contributed by atoms with E-state index < -0.39 is 41.5 Å². The lowest BCUT2D eigenvalue weighted by Crippen LogP contribution is -2.57. The molecular weight excluding hydrogens is 603 g/mol. The van der Waals surface area contributed by atoms with Gasteiger partial charge in [-0.3, -0.25) is 14.4 Å². The summed E-state index contributed by atoms with van der Waals surface area (Å²) in [5.41, 5.74) is 0.437. The molecule has 4 rings (SSSR count). The molecule has 1 aromatic carbocycles. The van der Waals surface area contributed by atoms with Crippen LogP contribution in [0.2, 0.25) is 0 Å². The van der Waals surface area contributed by atoms with Gasteiger partial charge in [-0.05, 0) is 64.3 Å². The molecule has 1 saturated heterocycles. The maximum absolute atomic E-state index is 15.7. The second-order valence-corrected chi connectivity index (χ2v) is 13.1. The van der Waals surface area contributed by atoms with Crippen molar-refractivity contribution in [1.29, 1.82) is 0 Å². The molecule has 0 unspecified atom stereocenters. The predicted octanol–water partition coefficient (Wildman–Crippen LogP) is 4.16. The molecule has 13 heteroatoms. The van der Waals surface area contributed by atoms with E-state index >= 15 is 4.39 Å². The predicted molar refractivity (Wildman–Crippen MR) is 179 cm³/mol. The molecule has 12 nitrogen and oxygen atoms in total. The second kappa shape index (κ2) is 16.7. The van der Waals surface area contributed by atoms with Gasteiger partial charge in [0.1, 0.15) is 23.6 Å². The summed E-state index contributed by atoms with van der Waals surface area (Å²) in [4.78, 5) is 57.6. The Labute approximate surface area is 277 Å². The summed E-state index contributed by atoms with van der Waals surface area (Å²) >= 11 is 0. The van der Waals surface area contributed by atoms with E-state index in [9.17, 15) is 19.2 Å². The monoisotopic (exact) mass is 654 g/mol. The highest BCUT2D eigenvalue weighted by molar-refractivity contribution is 6.10. The third-order valence-electron chi connectivity index (χ3n) is 9.27. The Kier molecular flexibility index (Phi) is 12.7. The lowest BCUT2D eigenvalue weighted by atomic mass is 9.84. The van der Waals surface area contributed by atoms with Crippen LogP contribution in [-0.4, -0.2) is 88.6 Å². The van der Waals surface area contributed by atoms with Gasteiger partial charge in [-0.2, -0.15) is 5.10 Å². The maximum atomic E-state index is 15.7. The highest BCUT2D eigenvalue weighted by Crippen LogP contribution is 2.32. The van der Waals surface area contributed by atoms with Crippen LogP contribution in [0.15, 0.2) is 30.5 Å². The Balaban J connectivity index is 1.54. The fraction of sp³-hybridized carbons (Fsp3) is 0.618. The molecule has 2 aromatic rings. The van der Waals surface area contributed by atoms with Gasteiger partial charge in [0.15, 0.2) is 0 Å². The number of likely N-dealkylation sites (N-methyl/N-ethyl adjacent to an activating group) is 1. The Bertz CT molecular complexity index is 1380. The Hall–Kier alpha value is -4.00. The van der Waals surface area contributed by atoms with Gasteiger partial charge in [0.25, 0.3) is 0 Å². The van der Waals surface area contributed by atoms with Gasteiger partial charge in [-0.25, -0.2) is 13.9 Å². The zero-order valence-electron chi connectivity index (χ0n) is 28.4. The highest BCUT2D eigenvalue weighted by atomic mass is 19.1. The number of carbonyl (C=O) groups is 4. The van der Waals surface area contributed by atoms with Crippen molar-refractivity contribution in [3.05, 3.63) is 41.8 Å². The maximum Gasteiger partial charge on any atom is 0.315 e. The quantitative estimate of drug-likeness (QED) is 0.212. The molecule has 1 aliphatic carbocycles.